The Morgan fingerprint density at radius 3 is 1.93 bits per heavy atom. The van der Waals surface area contributed by atoms with Gasteiger partial charge in [0, 0.05) is 18.1 Å². The molecule has 0 radical (unpaired) electrons. The molecular weight excluding hydrogens is 410 g/mol. The molecule has 1 saturated heterocycles. The van der Waals surface area contributed by atoms with Gasteiger partial charge in [-0.3, -0.25) is 0 Å². The average molecular weight is 430 g/mol. The molecule has 0 atom stereocenters. The first-order valence-electron chi connectivity index (χ1n) is 8.39. The zero-order chi connectivity index (χ0) is 19.7. The van der Waals surface area contributed by atoms with Crippen LogP contribution in [0.2, 0.25) is 5.02 Å². The van der Waals surface area contributed by atoms with Crippen molar-refractivity contribution < 1.29 is 21.6 Å². The third kappa shape index (κ3) is 4.13. The molecule has 1 aliphatic heterocycles. The Morgan fingerprint density at radius 1 is 0.889 bits per heavy atom. The molecule has 6 nitrogen and oxygen atoms in total. The van der Waals surface area contributed by atoms with E-state index in [1.54, 1.807) is 12.1 Å². The van der Waals surface area contributed by atoms with Crippen molar-refractivity contribution in [3.8, 4) is 5.75 Å². The van der Waals surface area contributed by atoms with Crippen molar-refractivity contribution >= 4 is 31.5 Å². The van der Waals surface area contributed by atoms with Crippen LogP contribution in [0.4, 0.5) is 0 Å². The van der Waals surface area contributed by atoms with Gasteiger partial charge >= 0.3 is 0 Å². The predicted octanol–water partition coefficient (Wildman–Crippen LogP) is 2.98. The second kappa shape index (κ2) is 7.79. The number of ether oxygens (including phenoxy) is 1. The fourth-order valence-electron chi connectivity index (χ4n) is 3.10. The zero-order valence-electron chi connectivity index (χ0n) is 14.7. The van der Waals surface area contributed by atoms with Gasteiger partial charge in [0.15, 0.2) is 9.84 Å². The molecule has 0 unspecified atom stereocenters. The number of sulfone groups is 1. The number of nitrogens with zero attached hydrogens (tertiary/aromatic N) is 1. The van der Waals surface area contributed by atoms with Crippen molar-refractivity contribution in [1.82, 2.24) is 4.31 Å². The van der Waals surface area contributed by atoms with Gasteiger partial charge in [0.1, 0.15) is 5.75 Å². The Labute approximate surface area is 164 Å². The Morgan fingerprint density at radius 2 is 1.41 bits per heavy atom. The standard InChI is InChI=1S/C18H20ClNO5S2/c1-25-15-4-8-16(9-5-15)26(21,22)17-10-12-20(13-11-17)27(23,24)18-6-2-14(19)3-7-18/h2-9,17H,10-13H2,1H3. The van der Waals surface area contributed by atoms with Gasteiger partial charge in [0.2, 0.25) is 10.0 Å². The molecule has 0 aromatic heterocycles. The minimum atomic E-state index is -3.66. The third-order valence-corrected chi connectivity index (χ3v) is 9.12. The van der Waals surface area contributed by atoms with Crippen molar-refractivity contribution in [2.24, 2.45) is 0 Å². The molecule has 0 N–H and O–H groups in total. The monoisotopic (exact) mass is 429 g/mol. The first kappa shape index (κ1) is 20.1. The normalized spacial score (nSPS) is 17.0. The average Bonchev–Trinajstić information content (AvgIpc) is 2.68. The maximum absolute atomic E-state index is 12.8. The maximum Gasteiger partial charge on any atom is 0.243 e. The minimum absolute atomic E-state index is 0.156. The number of sulfonamides is 1. The molecule has 0 amide bonds. The number of methoxy groups -OCH3 is 1. The maximum atomic E-state index is 12.8. The second-order valence-electron chi connectivity index (χ2n) is 6.28. The van der Waals surface area contributed by atoms with Crippen LogP contribution in [0.25, 0.3) is 0 Å². The van der Waals surface area contributed by atoms with Crippen LogP contribution < -0.4 is 4.74 Å². The van der Waals surface area contributed by atoms with E-state index in [1.165, 1.54) is 47.8 Å². The molecule has 1 heterocycles. The minimum Gasteiger partial charge on any atom is -0.497 e. The van der Waals surface area contributed by atoms with Crippen molar-refractivity contribution in [1.29, 1.82) is 0 Å². The number of halogens is 1. The highest BCUT2D eigenvalue weighted by atomic mass is 35.5. The Bertz CT molecular complexity index is 995. The zero-order valence-corrected chi connectivity index (χ0v) is 17.1. The van der Waals surface area contributed by atoms with Gasteiger partial charge in [-0.25, -0.2) is 16.8 Å². The first-order valence-corrected chi connectivity index (χ1v) is 11.8. The highest BCUT2D eigenvalue weighted by molar-refractivity contribution is 7.92. The van der Waals surface area contributed by atoms with Crippen LogP contribution in [0.5, 0.6) is 5.75 Å². The molecule has 0 aliphatic carbocycles. The first-order chi connectivity index (χ1) is 12.7. The van der Waals surface area contributed by atoms with Crippen molar-refractivity contribution in [2.75, 3.05) is 20.2 Å². The van der Waals surface area contributed by atoms with E-state index in [9.17, 15) is 16.8 Å². The van der Waals surface area contributed by atoms with Gasteiger partial charge < -0.3 is 4.74 Å². The van der Waals surface area contributed by atoms with Crippen LogP contribution >= 0.6 is 11.6 Å². The largest absolute Gasteiger partial charge is 0.497 e. The van der Waals surface area contributed by atoms with Crippen molar-refractivity contribution in [2.45, 2.75) is 27.9 Å². The summed E-state index contributed by atoms with van der Waals surface area (Å²) in [6.45, 7) is 0.315. The van der Waals surface area contributed by atoms with Crippen LogP contribution in [0, 0.1) is 0 Å². The summed E-state index contributed by atoms with van der Waals surface area (Å²) in [4.78, 5) is 0.380. The highest BCUT2D eigenvalue weighted by Gasteiger charge is 2.35. The molecule has 0 bridgehead atoms. The van der Waals surface area contributed by atoms with Crippen LogP contribution in [-0.4, -0.2) is 46.6 Å². The summed E-state index contributed by atoms with van der Waals surface area (Å²) >= 11 is 5.81. The summed E-state index contributed by atoms with van der Waals surface area (Å²) in [5.74, 6) is 0.581. The molecule has 27 heavy (non-hydrogen) atoms. The lowest BCUT2D eigenvalue weighted by Crippen LogP contribution is -2.42. The summed E-state index contributed by atoms with van der Waals surface area (Å²) in [7, 11) is -5.66. The Kier molecular flexibility index (Phi) is 5.81. The molecule has 0 spiro atoms. The lowest BCUT2D eigenvalue weighted by Gasteiger charge is -2.31. The van der Waals surface area contributed by atoms with E-state index in [4.69, 9.17) is 16.3 Å². The number of rotatable bonds is 5. The fourth-order valence-corrected chi connectivity index (χ4v) is 6.42. The summed E-state index contributed by atoms with van der Waals surface area (Å²) in [5.41, 5.74) is 0. The molecule has 2 aromatic rings. The Hall–Kier alpha value is -1.61. The number of hydrogen-bond donors (Lipinski definition) is 0. The topological polar surface area (TPSA) is 80.8 Å². The van der Waals surface area contributed by atoms with Crippen LogP contribution in [0.15, 0.2) is 58.3 Å². The summed E-state index contributed by atoms with van der Waals surface area (Å²) in [6, 6.07) is 12.2. The van der Waals surface area contributed by atoms with E-state index in [2.05, 4.69) is 0 Å². The molecule has 0 saturated carbocycles. The quantitative estimate of drug-likeness (QED) is 0.729. The van der Waals surface area contributed by atoms with Crippen LogP contribution in [0.1, 0.15) is 12.8 Å². The Balaban J connectivity index is 1.73. The molecule has 1 aliphatic rings. The van der Waals surface area contributed by atoms with Crippen LogP contribution in [-0.2, 0) is 19.9 Å². The molecule has 3 rings (SSSR count). The van der Waals surface area contributed by atoms with Gasteiger partial charge in [0.25, 0.3) is 0 Å². The van der Waals surface area contributed by atoms with Gasteiger partial charge in [0.05, 0.1) is 22.2 Å². The summed E-state index contributed by atoms with van der Waals surface area (Å²) < 4.78 is 57.5. The molecule has 146 valence electrons. The lowest BCUT2D eigenvalue weighted by molar-refractivity contribution is 0.345. The van der Waals surface area contributed by atoms with Crippen molar-refractivity contribution in [3.05, 3.63) is 53.6 Å². The van der Waals surface area contributed by atoms with Gasteiger partial charge in [-0.15, -0.1) is 0 Å². The van der Waals surface area contributed by atoms with E-state index in [0.29, 0.717) is 10.8 Å². The molecular formula is C18H20ClNO5S2. The third-order valence-electron chi connectivity index (χ3n) is 4.68. The van der Waals surface area contributed by atoms with E-state index in [1.807, 2.05) is 0 Å². The summed E-state index contributed by atoms with van der Waals surface area (Å²) in [6.07, 6.45) is 0.502. The van der Waals surface area contributed by atoms with Gasteiger partial charge in [-0.1, -0.05) is 11.6 Å². The van der Waals surface area contributed by atoms with E-state index < -0.39 is 25.1 Å². The molecule has 1 fully saturated rings. The lowest BCUT2D eigenvalue weighted by atomic mass is 10.2. The smallest absolute Gasteiger partial charge is 0.243 e. The van der Waals surface area contributed by atoms with Gasteiger partial charge in [-0.05, 0) is 61.4 Å². The molecule has 9 heteroatoms. The number of piperidine rings is 1. The number of hydrogen-bond acceptors (Lipinski definition) is 5. The van der Waals surface area contributed by atoms with Crippen molar-refractivity contribution in [3.63, 3.8) is 0 Å². The van der Waals surface area contributed by atoms with Crippen LogP contribution in [0.3, 0.4) is 0 Å². The SMILES string of the molecule is COc1ccc(S(=O)(=O)C2CCN(S(=O)(=O)c3ccc(Cl)cc3)CC2)cc1. The fraction of sp³-hybridized carbons (Fsp3) is 0.333. The summed E-state index contributed by atoms with van der Waals surface area (Å²) in [5, 5.41) is -0.152. The van der Waals surface area contributed by atoms with E-state index in [-0.39, 0.29) is 35.7 Å². The highest BCUT2D eigenvalue weighted by Crippen LogP contribution is 2.28. The molecule has 2 aromatic carbocycles. The van der Waals surface area contributed by atoms with E-state index >= 15 is 0 Å². The van der Waals surface area contributed by atoms with E-state index in [0.717, 1.165) is 0 Å². The van der Waals surface area contributed by atoms with Gasteiger partial charge in [-0.2, -0.15) is 4.31 Å². The second-order valence-corrected chi connectivity index (χ2v) is 10.9. The number of benzene rings is 2. The predicted molar refractivity (Wildman–Crippen MR) is 103 cm³/mol.